The summed E-state index contributed by atoms with van der Waals surface area (Å²) < 4.78 is 10.9. The first kappa shape index (κ1) is 24.3. The Morgan fingerprint density at radius 2 is 1.82 bits per heavy atom. The quantitative estimate of drug-likeness (QED) is 0.613. The second kappa shape index (κ2) is 10.1. The standard InChI is InChI=1S/C26H32N2O5/c1-6-27(25(31)32-17-19-10-8-7-9-11-19)22-15-20-13-12-18(2)14-21(20)28(24(22)30)16-23(29)33-26(3,4)5/h7-14,22H,6,15-17H2,1-5H3/t22-/m0/s1. The number of carbonyl (C=O) groups is 3. The zero-order valence-electron chi connectivity index (χ0n) is 20.0. The highest BCUT2D eigenvalue weighted by atomic mass is 16.6. The van der Waals surface area contributed by atoms with Crippen LogP contribution in [0.15, 0.2) is 48.5 Å². The highest BCUT2D eigenvalue weighted by Crippen LogP contribution is 2.31. The predicted molar refractivity (Wildman–Crippen MR) is 126 cm³/mol. The molecule has 1 aliphatic rings. The van der Waals surface area contributed by atoms with Crippen LogP contribution >= 0.6 is 0 Å². The minimum Gasteiger partial charge on any atom is -0.459 e. The van der Waals surface area contributed by atoms with E-state index in [0.717, 1.165) is 16.7 Å². The molecule has 7 heteroatoms. The average Bonchev–Trinajstić information content (AvgIpc) is 2.75. The Labute approximate surface area is 195 Å². The van der Waals surface area contributed by atoms with Crippen LogP contribution in [-0.2, 0) is 32.1 Å². The van der Waals surface area contributed by atoms with Gasteiger partial charge in [-0.2, -0.15) is 0 Å². The lowest BCUT2D eigenvalue weighted by Crippen LogP contribution is -2.56. The Bertz CT molecular complexity index is 1010. The molecule has 0 saturated carbocycles. The summed E-state index contributed by atoms with van der Waals surface area (Å²) in [5, 5.41) is 0. The maximum absolute atomic E-state index is 13.5. The maximum atomic E-state index is 13.5. The molecule has 2 aromatic carbocycles. The van der Waals surface area contributed by atoms with Gasteiger partial charge >= 0.3 is 12.1 Å². The number of hydrogen-bond acceptors (Lipinski definition) is 5. The number of rotatable bonds is 6. The minimum absolute atomic E-state index is 0.120. The lowest BCUT2D eigenvalue weighted by Gasteiger charge is -2.38. The highest BCUT2D eigenvalue weighted by Gasteiger charge is 2.40. The van der Waals surface area contributed by atoms with E-state index < -0.39 is 23.7 Å². The van der Waals surface area contributed by atoms with E-state index in [9.17, 15) is 14.4 Å². The molecule has 0 saturated heterocycles. The molecule has 1 atom stereocenters. The van der Waals surface area contributed by atoms with Gasteiger partial charge in [0.05, 0.1) is 0 Å². The second-order valence-electron chi connectivity index (χ2n) is 9.19. The average molecular weight is 453 g/mol. The van der Waals surface area contributed by atoms with Gasteiger partial charge in [0.15, 0.2) is 0 Å². The summed E-state index contributed by atoms with van der Waals surface area (Å²) in [6, 6.07) is 14.4. The largest absolute Gasteiger partial charge is 0.459 e. The van der Waals surface area contributed by atoms with Crippen molar-refractivity contribution in [2.75, 3.05) is 18.0 Å². The van der Waals surface area contributed by atoms with Crippen LogP contribution in [0.5, 0.6) is 0 Å². The van der Waals surface area contributed by atoms with Gasteiger partial charge < -0.3 is 9.47 Å². The van der Waals surface area contributed by atoms with Crippen molar-refractivity contribution in [2.45, 2.75) is 59.3 Å². The monoisotopic (exact) mass is 452 g/mol. The molecule has 0 bridgehead atoms. The number of aryl methyl sites for hydroxylation is 1. The summed E-state index contributed by atoms with van der Waals surface area (Å²) in [5.74, 6) is -0.823. The molecule has 0 aliphatic carbocycles. The van der Waals surface area contributed by atoms with Crippen LogP contribution in [0.25, 0.3) is 0 Å². The molecule has 0 fully saturated rings. The number of nitrogens with zero attached hydrogens (tertiary/aromatic N) is 2. The van der Waals surface area contributed by atoms with E-state index in [2.05, 4.69) is 0 Å². The summed E-state index contributed by atoms with van der Waals surface area (Å²) in [6.07, 6.45) is -0.208. The van der Waals surface area contributed by atoms with E-state index in [-0.39, 0.29) is 19.1 Å². The molecule has 0 N–H and O–H groups in total. The minimum atomic E-state index is -0.768. The first-order valence-corrected chi connectivity index (χ1v) is 11.2. The third-order valence-electron chi connectivity index (χ3n) is 5.36. The highest BCUT2D eigenvalue weighted by molar-refractivity contribution is 6.04. The smallest absolute Gasteiger partial charge is 0.410 e. The molecule has 7 nitrogen and oxygen atoms in total. The van der Waals surface area contributed by atoms with Gasteiger partial charge in [-0.15, -0.1) is 0 Å². The van der Waals surface area contributed by atoms with Gasteiger partial charge in [-0.25, -0.2) is 4.79 Å². The van der Waals surface area contributed by atoms with Crippen molar-refractivity contribution in [1.82, 2.24) is 4.90 Å². The molecule has 2 aromatic rings. The second-order valence-corrected chi connectivity index (χ2v) is 9.19. The zero-order valence-corrected chi connectivity index (χ0v) is 20.0. The van der Waals surface area contributed by atoms with Gasteiger partial charge in [0.1, 0.15) is 24.8 Å². The number of fused-ring (bicyclic) bond motifs is 1. The van der Waals surface area contributed by atoms with E-state index in [1.807, 2.05) is 55.5 Å². The Morgan fingerprint density at radius 1 is 1.12 bits per heavy atom. The summed E-state index contributed by atoms with van der Waals surface area (Å²) >= 11 is 0. The summed E-state index contributed by atoms with van der Waals surface area (Å²) in [4.78, 5) is 41.9. The SMILES string of the molecule is CCN(C(=O)OCc1ccccc1)[C@H]1Cc2ccc(C)cc2N(CC(=O)OC(C)(C)C)C1=O. The number of hydrogen-bond donors (Lipinski definition) is 0. The summed E-state index contributed by atoms with van der Waals surface area (Å²) in [6.45, 7) is 9.28. The molecule has 3 rings (SSSR count). The van der Waals surface area contributed by atoms with Crippen LogP contribution < -0.4 is 4.90 Å². The van der Waals surface area contributed by atoms with Crippen LogP contribution in [0.1, 0.15) is 44.4 Å². The fourth-order valence-electron chi connectivity index (χ4n) is 3.88. The fourth-order valence-corrected chi connectivity index (χ4v) is 3.88. The van der Waals surface area contributed by atoms with Crippen LogP contribution in [-0.4, -0.2) is 47.6 Å². The third kappa shape index (κ3) is 6.12. The number of benzene rings is 2. The topological polar surface area (TPSA) is 76.2 Å². The molecule has 33 heavy (non-hydrogen) atoms. The predicted octanol–water partition coefficient (Wildman–Crippen LogP) is 4.25. The summed E-state index contributed by atoms with van der Waals surface area (Å²) in [7, 11) is 0. The number of likely N-dealkylation sites (N-methyl/N-ethyl adjacent to an activating group) is 1. The third-order valence-corrected chi connectivity index (χ3v) is 5.36. The van der Waals surface area contributed by atoms with E-state index in [0.29, 0.717) is 18.7 Å². The Hall–Kier alpha value is -3.35. The lowest BCUT2D eigenvalue weighted by molar-refractivity contribution is -0.153. The van der Waals surface area contributed by atoms with Crippen molar-refractivity contribution in [3.05, 3.63) is 65.2 Å². The first-order valence-electron chi connectivity index (χ1n) is 11.2. The van der Waals surface area contributed by atoms with Gasteiger partial charge in [0.2, 0.25) is 0 Å². The van der Waals surface area contributed by atoms with Gasteiger partial charge in [-0.1, -0.05) is 42.5 Å². The van der Waals surface area contributed by atoms with Crippen LogP contribution in [0, 0.1) is 6.92 Å². The number of anilines is 1. The van der Waals surface area contributed by atoms with Gasteiger partial charge in [-0.05, 0) is 57.4 Å². The molecule has 176 valence electrons. The zero-order chi connectivity index (χ0) is 24.2. The molecule has 0 aromatic heterocycles. The molecular weight excluding hydrogens is 420 g/mol. The Balaban J connectivity index is 1.83. The lowest BCUT2D eigenvalue weighted by atomic mass is 9.94. The van der Waals surface area contributed by atoms with Crippen molar-refractivity contribution >= 4 is 23.7 Å². The Morgan fingerprint density at radius 3 is 2.45 bits per heavy atom. The van der Waals surface area contributed by atoms with Crippen molar-refractivity contribution in [2.24, 2.45) is 0 Å². The molecule has 2 amide bonds. The van der Waals surface area contributed by atoms with Gasteiger partial charge in [0, 0.05) is 18.7 Å². The van der Waals surface area contributed by atoms with Crippen molar-refractivity contribution in [1.29, 1.82) is 0 Å². The number of ether oxygens (including phenoxy) is 2. The molecule has 0 radical (unpaired) electrons. The van der Waals surface area contributed by atoms with Crippen molar-refractivity contribution in [3.63, 3.8) is 0 Å². The Kier molecular flexibility index (Phi) is 7.41. The number of amides is 2. The molecule has 0 spiro atoms. The molecular formula is C26H32N2O5. The number of esters is 1. The molecule has 1 heterocycles. The summed E-state index contributed by atoms with van der Waals surface area (Å²) in [5.41, 5.74) is 2.74. The number of carbonyl (C=O) groups excluding carboxylic acids is 3. The van der Waals surface area contributed by atoms with Gasteiger partial charge in [-0.3, -0.25) is 19.4 Å². The molecule has 0 unspecified atom stereocenters. The van der Waals surface area contributed by atoms with Crippen LogP contribution in [0.2, 0.25) is 0 Å². The van der Waals surface area contributed by atoms with E-state index in [1.165, 1.54) is 9.80 Å². The molecule has 1 aliphatic heterocycles. The van der Waals surface area contributed by atoms with Crippen LogP contribution in [0.3, 0.4) is 0 Å². The normalized spacial score (nSPS) is 15.6. The maximum Gasteiger partial charge on any atom is 0.410 e. The van der Waals surface area contributed by atoms with E-state index in [1.54, 1.807) is 27.7 Å². The van der Waals surface area contributed by atoms with Crippen LogP contribution in [0.4, 0.5) is 10.5 Å². The van der Waals surface area contributed by atoms with E-state index >= 15 is 0 Å². The van der Waals surface area contributed by atoms with Gasteiger partial charge in [0.25, 0.3) is 5.91 Å². The first-order chi connectivity index (χ1) is 15.6. The van der Waals surface area contributed by atoms with Crippen molar-refractivity contribution < 1.29 is 23.9 Å². The van der Waals surface area contributed by atoms with E-state index in [4.69, 9.17) is 9.47 Å². The van der Waals surface area contributed by atoms with Crippen molar-refractivity contribution in [3.8, 4) is 0 Å². The fraction of sp³-hybridized carbons (Fsp3) is 0.423.